The highest BCUT2D eigenvalue weighted by Gasteiger charge is 2.32. The van der Waals surface area contributed by atoms with Gasteiger partial charge < -0.3 is 14.6 Å². The van der Waals surface area contributed by atoms with Gasteiger partial charge in [-0.15, -0.1) is 0 Å². The first-order valence-electron chi connectivity index (χ1n) is 6.07. The van der Waals surface area contributed by atoms with Crippen LogP contribution < -0.4 is 0 Å². The maximum absolute atomic E-state index is 5.60. The number of hydrogen-bond donors (Lipinski definition) is 1. The highest BCUT2D eigenvalue weighted by atomic mass is 16.5. The molecule has 0 radical (unpaired) electrons. The van der Waals surface area contributed by atoms with E-state index in [1.54, 1.807) is 0 Å². The van der Waals surface area contributed by atoms with Gasteiger partial charge in [0.1, 0.15) is 6.26 Å². The summed E-state index contributed by atoms with van der Waals surface area (Å²) in [6, 6.07) is 8.51. The van der Waals surface area contributed by atoms with Crippen molar-refractivity contribution in [3.63, 3.8) is 0 Å². The van der Waals surface area contributed by atoms with Gasteiger partial charge in [-0.3, -0.25) is 0 Å². The molecule has 0 spiro atoms. The Balaban J connectivity index is 1.97. The molecule has 0 bridgehead atoms. The molecular formula is C14H14N2O. The van der Waals surface area contributed by atoms with Crippen LogP contribution in [0.1, 0.15) is 18.2 Å². The van der Waals surface area contributed by atoms with Crippen molar-refractivity contribution in [2.75, 3.05) is 6.54 Å². The van der Waals surface area contributed by atoms with Crippen molar-refractivity contribution >= 4 is 16.6 Å². The van der Waals surface area contributed by atoms with E-state index in [9.17, 15) is 0 Å². The third kappa shape index (κ3) is 1.11. The number of benzene rings is 1. The number of aromatic amines is 1. The number of rotatable bonds is 0. The fourth-order valence-corrected chi connectivity index (χ4v) is 2.92. The lowest BCUT2D eigenvalue weighted by Gasteiger charge is -2.29. The summed E-state index contributed by atoms with van der Waals surface area (Å²) in [6.45, 7) is 3.14. The average Bonchev–Trinajstić information content (AvgIpc) is 2.90. The molecule has 1 N–H and O–H groups in total. The Kier molecular flexibility index (Phi) is 1.65. The van der Waals surface area contributed by atoms with E-state index in [1.165, 1.54) is 27.9 Å². The molecule has 0 aliphatic carbocycles. The molecule has 1 unspecified atom stereocenters. The number of nitrogens with zero attached hydrogens (tertiary/aromatic N) is 1. The second kappa shape index (κ2) is 3.06. The lowest BCUT2D eigenvalue weighted by Crippen LogP contribution is -2.33. The molecule has 1 atom stereocenters. The lowest BCUT2D eigenvalue weighted by atomic mass is 10.0. The molecule has 0 amide bonds. The zero-order valence-corrected chi connectivity index (χ0v) is 9.73. The molecule has 0 fully saturated rings. The third-order valence-electron chi connectivity index (χ3n) is 3.80. The summed E-state index contributed by atoms with van der Waals surface area (Å²) in [5.74, 6) is 0. The van der Waals surface area contributed by atoms with Crippen LogP contribution in [0.4, 0.5) is 0 Å². The number of hydrogen-bond acceptors (Lipinski definition) is 2. The van der Waals surface area contributed by atoms with Gasteiger partial charge >= 0.3 is 0 Å². The van der Waals surface area contributed by atoms with E-state index < -0.39 is 0 Å². The van der Waals surface area contributed by atoms with Crippen LogP contribution in [-0.4, -0.2) is 22.7 Å². The first-order chi connectivity index (χ1) is 8.34. The van der Waals surface area contributed by atoms with Crippen LogP contribution in [0, 0.1) is 0 Å². The van der Waals surface area contributed by atoms with Crippen LogP contribution in [0.3, 0.4) is 0 Å². The van der Waals surface area contributed by atoms with E-state index in [4.69, 9.17) is 4.74 Å². The fraction of sp³-hybridized carbons (Fsp3) is 0.286. The van der Waals surface area contributed by atoms with Gasteiger partial charge in [-0.25, -0.2) is 0 Å². The van der Waals surface area contributed by atoms with Gasteiger partial charge in [0.2, 0.25) is 0 Å². The quantitative estimate of drug-likeness (QED) is 0.748. The van der Waals surface area contributed by atoms with Crippen molar-refractivity contribution < 1.29 is 4.74 Å². The summed E-state index contributed by atoms with van der Waals surface area (Å²) in [5, 5.41) is 1.35. The zero-order valence-electron chi connectivity index (χ0n) is 9.73. The van der Waals surface area contributed by atoms with Crippen LogP contribution in [0.15, 0.2) is 30.5 Å². The maximum Gasteiger partial charge on any atom is 0.168 e. The molecular weight excluding hydrogens is 212 g/mol. The monoisotopic (exact) mass is 226 g/mol. The highest BCUT2D eigenvalue weighted by Crippen LogP contribution is 2.37. The molecule has 2 aliphatic rings. The summed E-state index contributed by atoms with van der Waals surface area (Å²) in [7, 11) is 0. The minimum atomic E-state index is 0.171. The molecule has 3 nitrogen and oxygen atoms in total. The normalized spacial score (nSPS) is 22.1. The molecule has 1 aromatic heterocycles. The number of H-pyrrole nitrogens is 1. The van der Waals surface area contributed by atoms with Crippen molar-refractivity contribution in [3.05, 3.63) is 41.8 Å². The van der Waals surface area contributed by atoms with Crippen molar-refractivity contribution in [2.45, 2.75) is 19.6 Å². The second-order valence-electron chi connectivity index (χ2n) is 4.71. The lowest BCUT2D eigenvalue weighted by molar-refractivity contribution is 0.0774. The van der Waals surface area contributed by atoms with Gasteiger partial charge in [-0.05, 0) is 25.0 Å². The topological polar surface area (TPSA) is 28.3 Å². The number of nitrogens with one attached hydrogen (secondary N) is 1. The van der Waals surface area contributed by atoms with E-state index in [1.807, 2.05) is 6.26 Å². The Bertz CT molecular complexity index is 626. The van der Waals surface area contributed by atoms with Gasteiger partial charge in [-0.1, -0.05) is 18.2 Å². The Morgan fingerprint density at radius 3 is 3.18 bits per heavy atom. The van der Waals surface area contributed by atoms with Crippen LogP contribution in [0.2, 0.25) is 0 Å². The van der Waals surface area contributed by atoms with E-state index in [0.29, 0.717) is 0 Å². The fourth-order valence-electron chi connectivity index (χ4n) is 2.92. The summed E-state index contributed by atoms with van der Waals surface area (Å²) in [6.07, 6.45) is 3.15. The maximum atomic E-state index is 5.60. The van der Waals surface area contributed by atoms with E-state index in [2.05, 4.69) is 41.1 Å². The van der Waals surface area contributed by atoms with Crippen molar-refractivity contribution in [1.82, 2.24) is 9.88 Å². The first-order valence-corrected chi connectivity index (χ1v) is 6.07. The second-order valence-corrected chi connectivity index (χ2v) is 4.71. The summed E-state index contributed by atoms with van der Waals surface area (Å²) < 4.78 is 5.60. The first kappa shape index (κ1) is 9.16. The van der Waals surface area contributed by atoms with Crippen LogP contribution in [-0.2, 0) is 11.2 Å². The van der Waals surface area contributed by atoms with E-state index >= 15 is 0 Å². The minimum Gasteiger partial charge on any atom is -0.476 e. The average molecular weight is 226 g/mol. The Morgan fingerprint density at radius 2 is 2.24 bits per heavy atom. The molecule has 86 valence electrons. The van der Waals surface area contributed by atoms with Crippen LogP contribution in [0.5, 0.6) is 0 Å². The summed E-state index contributed by atoms with van der Waals surface area (Å²) >= 11 is 0. The number of para-hydroxylation sites is 1. The molecule has 4 rings (SSSR count). The molecule has 1 aromatic carbocycles. The largest absolute Gasteiger partial charge is 0.476 e. The predicted molar refractivity (Wildman–Crippen MR) is 67.2 cm³/mol. The third-order valence-corrected chi connectivity index (χ3v) is 3.80. The summed E-state index contributed by atoms with van der Waals surface area (Å²) in [5.41, 5.74) is 5.09. The van der Waals surface area contributed by atoms with Gasteiger partial charge in [-0.2, -0.15) is 0 Å². The molecule has 17 heavy (non-hydrogen) atoms. The summed E-state index contributed by atoms with van der Waals surface area (Å²) in [4.78, 5) is 5.84. The van der Waals surface area contributed by atoms with Crippen molar-refractivity contribution in [3.8, 4) is 0 Å². The van der Waals surface area contributed by atoms with E-state index in [-0.39, 0.29) is 6.23 Å². The van der Waals surface area contributed by atoms with Crippen molar-refractivity contribution in [2.24, 2.45) is 0 Å². The zero-order chi connectivity index (χ0) is 11.4. The van der Waals surface area contributed by atoms with Crippen LogP contribution >= 0.6 is 0 Å². The molecule has 3 heteroatoms. The number of aromatic nitrogens is 1. The molecule has 2 aliphatic heterocycles. The predicted octanol–water partition coefficient (Wildman–Crippen LogP) is 2.70. The number of fused-ring (bicyclic) bond motifs is 5. The van der Waals surface area contributed by atoms with E-state index in [0.717, 1.165) is 13.0 Å². The smallest absolute Gasteiger partial charge is 0.168 e. The SMILES string of the molecule is CC1OC=C2c3[nH]c4ccccc4c3CCN21. The Labute approximate surface area is 99.7 Å². The van der Waals surface area contributed by atoms with Gasteiger partial charge in [0, 0.05) is 17.4 Å². The molecule has 0 saturated carbocycles. The Hall–Kier alpha value is -1.90. The highest BCUT2D eigenvalue weighted by molar-refractivity contribution is 5.89. The standard InChI is InChI=1S/C14H14N2O/c1-9-16-7-6-11-10-4-2-3-5-12(10)15-14(11)13(16)8-17-9/h2-5,8-9,15H,6-7H2,1H3. The molecule has 0 saturated heterocycles. The van der Waals surface area contributed by atoms with Crippen LogP contribution in [0.25, 0.3) is 16.6 Å². The van der Waals surface area contributed by atoms with Gasteiger partial charge in [0.15, 0.2) is 6.23 Å². The molecule has 2 aromatic rings. The van der Waals surface area contributed by atoms with Gasteiger partial charge in [0.05, 0.1) is 11.4 Å². The van der Waals surface area contributed by atoms with Gasteiger partial charge in [0.25, 0.3) is 0 Å². The minimum absolute atomic E-state index is 0.171. The molecule has 3 heterocycles. The number of ether oxygens (including phenoxy) is 1. The van der Waals surface area contributed by atoms with Crippen molar-refractivity contribution in [1.29, 1.82) is 0 Å². The Morgan fingerprint density at radius 1 is 1.35 bits per heavy atom.